The predicted octanol–water partition coefficient (Wildman–Crippen LogP) is 4.85. The SMILES string of the molecule is COC(=O)C=COC1CCC2C3CCC4CC(C)(O)CCC4(C)C3CCC12C. The van der Waals surface area contributed by atoms with Crippen molar-refractivity contribution in [3.8, 4) is 0 Å². The lowest BCUT2D eigenvalue weighted by molar-refractivity contribution is -0.151. The van der Waals surface area contributed by atoms with Gasteiger partial charge in [-0.2, -0.15) is 0 Å². The van der Waals surface area contributed by atoms with Crippen LogP contribution in [-0.4, -0.2) is 29.9 Å². The molecule has 4 fully saturated rings. The summed E-state index contributed by atoms with van der Waals surface area (Å²) in [5, 5.41) is 10.6. The maximum atomic E-state index is 11.3. The van der Waals surface area contributed by atoms with E-state index < -0.39 is 5.60 Å². The van der Waals surface area contributed by atoms with Crippen LogP contribution in [0.2, 0.25) is 0 Å². The Balaban J connectivity index is 1.49. The molecular formula is C24H38O4. The summed E-state index contributed by atoms with van der Waals surface area (Å²) in [4.78, 5) is 11.3. The van der Waals surface area contributed by atoms with Crippen molar-refractivity contribution in [2.45, 2.75) is 90.3 Å². The van der Waals surface area contributed by atoms with E-state index in [9.17, 15) is 9.90 Å². The minimum absolute atomic E-state index is 0.206. The largest absolute Gasteiger partial charge is 0.497 e. The zero-order valence-electron chi connectivity index (χ0n) is 18.1. The Morgan fingerprint density at radius 1 is 0.964 bits per heavy atom. The summed E-state index contributed by atoms with van der Waals surface area (Å²) in [6.07, 6.45) is 13.7. The summed E-state index contributed by atoms with van der Waals surface area (Å²) < 4.78 is 10.7. The van der Waals surface area contributed by atoms with Gasteiger partial charge in [0.05, 0.1) is 25.0 Å². The van der Waals surface area contributed by atoms with Gasteiger partial charge in [0, 0.05) is 5.41 Å². The van der Waals surface area contributed by atoms with E-state index in [2.05, 4.69) is 18.6 Å². The molecule has 0 radical (unpaired) electrons. The van der Waals surface area contributed by atoms with Crippen molar-refractivity contribution in [3.05, 3.63) is 12.3 Å². The van der Waals surface area contributed by atoms with Gasteiger partial charge in [-0.05, 0) is 93.8 Å². The maximum Gasteiger partial charge on any atom is 0.333 e. The zero-order valence-corrected chi connectivity index (χ0v) is 18.1. The fourth-order valence-corrected chi connectivity index (χ4v) is 7.86. The van der Waals surface area contributed by atoms with E-state index in [1.165, 1.54) is 51.7 Å². The van der Waals surface area contributed by atoms with Crippen LogP contribution in [0.15, 0.2) is 12.3 Å². The first-order valence-electron chi connectivity index (χ1n) is 11.3. The molecule has 0 aromatic heterocycles. The molecule has 4 aliphatic carbocycles. The number of esters is 1. The molecular weight excluding hydrogens is 352 g/mol. The number of carbonyl (C=O) groups is 1. The Morgan fingerprint density at radius 3 is 2.46 bits per heavy atom. The zero-order chi connectivity index (χ0) is 20.2. The molecule has 0 aromatic rings. The van der Waals surface area contributed by atoms with Gasteiger partial charge in [-0.3, -0.25) is 0 Å². The lowest BCUT2D eigenvalue weighted by Gasteiger charge is -2.61. The highest BCUT2D eigenvalue weighted by Gasteiger charge is 2.61. The van der Waals surface area contributed by atoms with Gasteiger partial charge in [0.2, 0.25) is 0 Å². The second kappa shape index (κ2) is 7.04. The number of methoxy groups -OCH3 is 1. The Labute approximate surface area is 170 Å². The minimum atomic E-state index is -0.460. The van der Waals surface area contributed by atoms with Crippen LogP contribution in [0, 0.1) is 34.5 Å². The maximum absolute atomic E-state index is 11.3. The van der Waals surface area contributed by atoms with Crippen molar-refractivity contribution in [1.29, 1.82) is 0 Å². The molecule has 0 bridgehead atoms. The molecule has 28 heavy (non-hydrogen) atoms. The molecule has 4 nitrogen and oxygen atoms in total. The van der Waals surface area contributed by atoms with E-state index in [0.717, 1.165) is 37.0 Å². The molecule has 0 heterocycles. The summed E-state index contributed by atoms with van der Waals surface area (Å²) in [5.41, 5.74) is 0.152. The van der Waals surface area contributed by atoms with Crippen LogP contribution in [-0.2, 0) is 14.3 Å². The highest BCUT2D eigenvalue weighted by molar-refractivity contribution is 5.81. The number of fused-ring (bicyclic) bond motifs is 5. The molecule has 8 atom stereocenters. The van der Waals surface area contributed by atoms with E-state index in [0.29, 0.717) is 11.3 Å². The van der Waals surface area contributed by atoms with Gasteiger partial charge in [0.1, 0.15) is 6.10 Å². The lowest BCUT2D eigenvalue weighted by Crippen LogP contribution is -2.55. The third-order valence-corrected chi connectivity index (χ3v) is 9.51. The van der Waals surface area contributed by atoms with Gasteiger partial charge in [-0.25, -0.2) is 4.79 Å². The number of hydrogen-bond acceptors (Lipinski definition) is 4. The molecule has 4 rings (SSSR count). The normalized spacial score (nSPS) is 50.5. The Bertz CT molecular complexity index is 641. The standard InChI is InChI=1S/C24H38O4/c1-22(26)12-13-23(2)16(15-22)5-6-17-18-7-8-20(28-14-10-21(25)27-4)24(18,3)11-9-19(17)23/h10,14,16-20,26H,5-9,11-13,15H2,1-4H3. The van der Waals surface area contributed by atoms with Crippen LogP contribution in [0.4, 0.5) is 0 Å². The van der Waals surface area contributed by atoms with E-state index in [1.54, 1.807) is 6.26 Å². The molecule has 0 spiro atoms. The molecule has 0 aliphatic heterocycles. The van der Waals surface area contributed by atoms with E-state index in [1.807, 2.05) is 6.92 Å². The summed E-state index contributed by atoms with van der Waals surface area (Å²) in [6.45, 7) is 7.00. The highest BCUT2D eigenvalue weighted by Crippen LogP contribution is 2.67. The number of carbonyl (C=O) groups excluding carboxylic acids is 1. The predicted molar refractivity (Wildman–Crippen MR) is 108 cm³/mol. The van der Waals surface area contributed by atoms with Crippen molar-refractivity contribution in [1.82, 2.24) is 0 Å². The second-order valence-corrected chi connectivity index (χ2v) is 10.9. The van der Waals surface area contributed by atoms with Crippen molar-refractivity contribution in [2.24, 2.45) is 34.5 Å². The highest BCUT2D eigenvalue weighted by atomic mass is 16.5. The Hall–Kier alpha value is -1.03. The number of aliphatic hydroxyl groups is 1. The number of ether oxygens (including phenoxy) is 2. The average Bonchev–Trinajstić information content (AvgIpc) is 2.98. The first kappa shape index (κ1) is 20.3. The van der Waals surface area contributed by atoms with Crippen molar-refractivity contribution in [3.63, 3.8) is 0 Å². The van der Waals surface area contributed by atoms with Gasteiger partial charge in [-0.1, -0.05) is 13.8 Å². The van der Waals surface area contributed by atoms with Crippen LogP contribution < -0.4 is 0 Å². The number of hydrogen-bond donors (Lipinski definition) is 1. The number of rotatable bonds is 3. The summed E-state index contributed by atoms with van der Waals surface area (Å²) in [7, 11) is 1.39. The molecule has 4 saturated carbocycles. The van der Waals surface area contributed by atoms with Gasteiger partial charge >= 0.3 is 5.97 Å². The summed E-state index contributed by atoms with van der Waals surface area (Å²) >= 11 is 0. The minimum Gasteiger partial charge on any atom is -0.497 e. The van der Waals surface area contributed by atoms with Crippen molar-refractivity contribution in [2.75, 3.05) is 7.11 Å². The third kappa shape index (κ3) is 3.20. The van der Waals surface area contributed by atoms with Gasteiger partial charge < -0.3 is 14.6 Å². The molecule has 0 saturated heterocycles. The topological polar surface area (TPSA) is 55.8 Å². The second-order valence-electron chi connectivity index (χ2n) is 10.9. The van der Waals surface area contributed by atoms with Crippen LogP contribution in [0.3, 0.4) is 0 Å². The van der Waals surface area contributed by atoms with Crippen LogP contribution >= 0.6 is 0 Å². The molecule has 4 aliphatic rings. The van der Waals surface area contributed by atoms with Crippen LogP contribution in [0.25, 0.3) is 0 Å². The molecule has 1 N–H and O–H groups in total. The fraction of sp³-hybridized carbons (Fsp3) is 0.875. The van der Waals surface area contributed by atoms with E-state index in [-0.39, 0.29) is 17.5 Å². The van der Waals surface area contributed by atoms with Crippen LogP contribution in [0.1, 0.15) is 78.6 Å². The van der Waals surface area contributed by atoms with Gasteiger partial charge in [-0.15, -0.1) is 0 Å². The summed E-state index contributed by atoms with van der Waals surface area (Å²) in [6, 6.07) is 0. The fourth-order valence-electron chi connectivity index (χ4n) is 7.86. The molecule has 0 amide bonds. The smallest absolute Gasteiger partial charge is 0.333 e. The summed E-state index contributed by atoms with van der Waals surface area (Å²) in [5.74, 6) is 2.63. The quantitative estimate of drug-likeness (QED) is 0.425. The Morgan fingerprint density at radius 2 is 1.71 bits per heavy atom. The third-order valence-electron chi connectivity index (χ3n) is 9.51. The molecule has 4 heteroatoms. The molecule has 8 unspecified atom stereocenters. The first-order valence-corrected chi connectivity index (χ1v) is 11.3. The lowest BCUT2D eigenvalue weighted by atomic mass is 9.44. The average molecular weight is 391 g/mol. The van der Waals surface area contributed by atoms with E-state index >= 15 is 0 Å². The monoisotopic (exact) mass is 390 g/mol. The molecule has 0 aromatic carbocycles. The van der Waals surface area contributed by atoms with Gasteiger partial charge in [0.15, 0.2) is 0 Å². The first-order chi connectivity index (χ1) is 13.2. The van der Waals surface area contributed by atoms with Gasteiger partial charge in [0.25, 0.3) is 0 Å². The Kier molecular flexibility index (Phi) is 5.09. The van der Waals surface area contributed by atoms with E-state index in [4.69, 9.17) is 4.74 Å². The van der Waals surface area contributed by atoms with Crippen molar-refractivity contribution < 1.29 is 19.4 Å². The van der Waals surface area contributed by atoms with Crippen LogP contribution in [0.5, 0.6) is 0 Å². The van der Waals surface area contributed by atoms with Crippen molar-refractivity contribution >= 4 is 5.97 Å². The molecule has 158 valence electrons.